The van der Waals surface area contributed by atoms with E-state index in [0.29, 0.717) is 17.1 Å². The number of hydrazone groups is 1. The van der Waals surface area contributed by atoms with Crippen LogP contribution >= 0.6 is 11.3 Å². The third-order valence-corrected chi connectivity index (χ3v) is 4.95. The summed E-state index contributed by atoms with van der Waals surface area (Å²) in [5, 5.41) is 9.55. The molecule has 2 amide bonds. The number of nitrogens with one attached hydrogen (secondary N) is 2. The van der Waals surface area contributed by atoms with Crippen LogP contribution in [-0.2, 0) is 4.79 Å². The normalized spacial score (nSPS) is 10.8. The summed E-state index contributed by atoms with van der Waals surface area (Å²) in [5.74, 6) is 0.0696. The highest BCUT2D eigenvalue weighted by molar-refractivity contribution is 7.17. The van der Waals surface area contributed by atoms with E-state index in [4.69, 9.17) is 9.47 Å². The molecule has 0 aliphatic rings. The maximum atomic E-state index is 12.3. The minimum Gasteiger partial charge on any atom is -0.497 e. The molecule has 7 nitrogen and oxygen atoms in total. The second-order valence-corrected chi connectivity index (χ2v) is 6.64. The Hall–Kier alpha value is -3.39. The molecule has 3 aromatic rings. The van der Waals surface area contributed by atoms with Crippen molar-refractivity contribution in [2.75, 3.05) is 20.8 Å². The molecule has 0 spiro atoms. The molecule has 1 aromatic heterocycles. The maximum absolute atomic E-state index is 12.3. The molecule has 0 saturated heterocycles. The summed E-state index contributed by atoms with van der Waals surface area (Å²) in [6, 6.07) is 12.8. The van der Waals surface area contributed by atoms with Crippen LogP contribution in [0.25, 0.3) is 10.1 Å². The Labute approximate surface area is 166 Å². The zero-order valence-corrected chi connectivity index (χ0v) is 16.2. The van der Waals surface area contributed by atoms with Crippen molar-refractivity contribution >= 4 is 39.5 Å². The number of hydrogen-bond acceptors (Lipinski definition) is 6. The van der Waals surface area contributed by atoms with Gasteiger partial charge in [0.1, 0.15) is 11.5 Å². The molecule has 0 bridgehead atoms. The van der Waals surface area contributed by atoms with Crippen LogP contribution < -0.4 is 20.2 Å². The first-order valence-corrected chi connectivity index (χ1v) is 9.28. The zero-order valence-electron chi connectivity index (χ0n) is 15.4. The molecule has 0 radical (unpaired) electrons. The summed E-state index contributed by atoms with van der Waals surface area (Å²) >= 11 is 1.61. The summed E-state index contributed by atoms with van der Waals surface area (Å²) < 4.78 is 11.4. The topological polar surface area (TPSA) is 89.0 Å². The maximum Gasteiger partial charge on any atom is 0.259 e. The van der Waals surface area contributed by atoms with Gasteiger partial charge in [-0.3, -0.25) is 9.59 Å². The summed E-state index contributed by atoms with van der Waals surface area (Å²) in [6.07, 6.45) is 1.59. The average Bonchev–Trinajstić information content (AvgIpc) is 3.14. The van der Waals surface area contributed by atoms with Crippen LogP contribution in [0.15, 0.2) is 52.9 Å². The number of carbonyl (C=O) groups is 2. The Morgan fingerprint density at radius 3 is 2.75 bits per heavy atom. The number of hydrogen-bond donors (Lipinski definition) is 2. The van der Waals surface area contributed by atoms with Gasteiger partial charge >= 0.3 is 0 Å². The molecule has 0 unspecified atom stereocenters. The average molecular weight is 397 g/mol. The van der Waals surface area contributed by atoms with Crippen LogP contribution in [0.1, 0.15) is 15.9 Å². The first kappa shape index (κ1) is 19.4. The molecule has 0 atom stereocenters. The second-order valence-electron chi connectivity index (χ2n) is 5.73. The van der Waals surface area contributed by atoms with Crippen molar-refractivity contribution in [1.82, 2.24) is 10.7 Å². The summed E-state index contributed by atoms with van der Waals surface area (Å²) in [7, 11) is 2.99. The number of carbonyl (C=O) groups excluding carboxylic acids is 2. The summed E-state index contributed by atoms with van der Waals surface area (Å²) in [5.41, 5.74) is 3.64. The lowest BCUT2D eigenvalue weighted by atomic mass is 10.1. The molecule has 0 aliphatic carbocycles. The second kappa shape index (κ2) is 9.01. The van der Waals surface area contributed by atoms with Crippen molar-refractivity contribution in [3.8, 4) is 11.5 Å². The third kappa shape index (κ3) is 4.47. The fraction of sp³-hybridized carbons (Fsp3) is 0.150. The van der Waals surface area contributed by atoms with Gasteiger partial charge in [0.25, 0.3) is 11.8 Å². The Bertz CT molecular complexity index is 1030. The number of thiophene rings is 1. The number of fused-ring (bicyclic) bond motifs is 1. The highest BCUT2D eigenvalue weighted by Crippen LogP contribution is 2.25. The van der Waals surface area contributed by atoms with Crippen LogP contribution in [0.2, 0.25) is 0 Å². The Morgan fingerprint density at radius 1 is 1.14 bits per heavy atom. The predicted octanol–water partition coefficient (Wildman–Crippen LogP) is 2.80. The number of ether oxygens (including phenoxy) is 2. The van der Waals surface area contributed by atoms with Gasteiger partial charge in [-0.15, -0.1) is 11.3 Å². The van der Waals surface area contributed by atoms with Crippen LogP contribution in [0, 0.1) is 0 Å². The SMILES string of the molecule is COc1ccc(C(=O)NCC(=O)N/N=C/c2csc3ccccc23)c(OC)c1. The van der Waals surface area contributed by atoms with E-state index in [1.165, 1.54) is 14.2 Å². The zero-order chi connectivity index (χ0) is 19.9. The Kier molecular flexibility index (Phi) is 6.23. The van der Waals surface area contributed by atoms with E-state index in [-0.39, 0.29) is 6.54 Å². The van der Waals surface area contributed by atoms with E-state index < -0.39 is 11.8 Å². The fourth-order valence-corrected chi connectivity index (χ4v) is 3.47. The van der Waals surface area contributed by atoms with Crippen LogP contribution in [0.3, 0.4) is 0 Å². The molecule has 3 rings (SSSR count). The van der Waals surface area contributed by atoms with Crippen molar-refractivity contribution in [3.05, 3.63) is 59.0 Å². The number of benzene rings is 2. The monoisotopic (exact) mass is 397 g/mol. The van der Waals surface area contributed by atoms with Gasteiger partial charge < -0.3 is 14.8 Å². The molecule has 1 heterocycles. The van der Waals surface area contributed by atoms with Gasteiger partial charge in [0.15, 0.2) is 0 Å². The Morgan fingerprint density at radius 2 is 1.96 bits per heavy atom. The largest absolute Gasteiger partial charge is 0.497 e. The van der Waals surface area contributed by atoms with Gasteiger partial charge in [-0.2, -0.15) is 5.10 Å². The van der Waals surface area contributed by atoms with Gasteiger partial charge in [-0.1, -0.05) is 18.2 Å². The van der Waals surface area contributed by atoms with Gasteiger partial charge in [0, 0.05) is 27.1 Å². The van der Waals surface area contributed by atoms with Crippen LogP contribution in [-0.4, -0.2) is 38.8 Å². The minimum atomic E-state index is -0.434. The van der Waals surface area contributed by atoms with Gasteiger partial charge in [-0.05, 0) is 18.2 Å². The summed E-state index contributed by atoms with van der Waals surface area (Å²) in [4.78, 5) is 24.2. The standard InChI is InChI=1S/C20H19N3O4S/c1-26-14-7-8-16(17(9-14)27-2)20(25)21-11-19(24)23-22-10-13-12-28-18-6-4-3-5-15(13)18/h3-10,12H,11H2,1-2H3,(H,21,25)(H,23,24)/b22-10+. The number of methoxy groups -OCH3 is 2. The molecule has 28 heavy (non-hydrogen) atoms. The van der Waals surface area contributed by atoms with Crippen molar-refractivity contribution < 1.29 is 19.1 Å². The molecule has 144 valence electrons. The lowest BCUT2D eigenvalue weighted by molar-refractivity contribution is -0.120. The molecule has 0 saturated carbocycles. The van der Waals surface area contributed by atoms with Crippen molar-refractivity contribution in [2.45, 2.75) is 0 Å². The Balaban J connectivity index is 1.55. The lowest BCUT2D eigenvalue weighted by Crippen LogP contribution is -2.35. The third-order valence-electron chi connectivity index (χ3n) is 3.97. The molecule has 0 aliphatic heterocycles. The molecule has 8 heteroatoms. The molecular formula is C20H19N3O4S. The molecule has 0 fully saturated rings. The van der Waals surface area contributed by atoms with Crippen molar-refractivity contribution in [2.24, 2.45) is 5.10 Å². The van der Waals surface area contributed by atoms with Crippen LogP contribution in [0.4, 0.5) is 0 Å². The van der Waals surface area contributed by atoms with E-state index >= 15 is 0 Å². The molecular weight excluding hydrogens is 378 g/mol. The highest BCUT2D eigenvalue weighted by Gasteiger charge is 2.14. The van der Waals surface area contributed by atoms with E-state index in [1.54, 1.807) is 35.8 Å². The number of amides is 2. The van der Waals surface area contributed by atoms with Gasteiger partial charge in [-0.25, -0.2) is 5.43 Å². The van der Waals surface area contributed by atoms with Crippen molar-refractivity contribution in [3.63, 3.8) is 0 Å². The van der Waals surface area contributed by atoms with E-state index in [9.17, 15) is 9.59 Å². The lowest BCUT2D eigenvalue weighted by Gasteiger charge is -2.10. The predicted molar refractivity (Wildman–Crippen MR) is 109 cm³/mol. The van der Waals surface area contributed by atoms with Gasteiger partial charge in [0.2, 0.25) is 0 Å². The van der Waals surface area contributed by atoms with E-state index in [1.807, 2.05) is 29.6 Å². The number of rotatable bonds is 7. The van der Waals surface area contributed by atoms with Crippen LogP contribution in [0.5, 0.6) is 11.5 Å². The first-order valence-electron chi connectivity index (χ1n) is 8.40. The van der Waals surface area contributed by atoms with E-state index in [2.05, 4.69) is 15.8 Å². The highest BCUT2D eigenvalue weighted by atomic mass is 32.1. The minimum absolute atomic E-state index is 0.213. The fourth-order valence-electron chi connectivity index (χ4n) is 2.55. The molecule has 2 aromatic carbocycles. The quantitative estimate of drug-likeness (QED) is 0.474. The summed E-state index contributed by atoms with van der Waals surface area (Å²) in [6.45, 7) is -0.213. The first-order chi connectivity index (χ1) is 13.6. The van der Waals surface area contributed by atoms with Crippen molar-refractivity contribution in [1.29, 1.82) is 0 Å². The van der Waals surface area contributed by atoms with Gasteiger partial charge in [0.05, 0.1) is 32.5 Å². The number of nitrogens with zero attached hydrogens (tertiary/aromatic N) is 1. The molecule has 2 N–H and O–H groups in total. The smallest absolute Gasteiger partial charge is 0.259 e. The van der Waals surface area contributed by atoms with E-state index in [0.717, 1.165) is 15.6 Å².